The Morgan fingerprint density at radius 3 is 1.88 bits per heavy atom. The van der Waals surface area contributed by atoms with E-state index >= 15 is 0 Å². The van der Waals surface area contributed by atoms with Crippen LogP contribution in [-0.4, -0.2) is 92.0 Å². The number of hydrogen-bond acceptors (Lipinski definition) is 11. The molecule has 8 rings (SSSR count). The van der Waals surface area contributed by atoms with Gasteiger partial charge in [-0.1, -0.05) is 24.3 Å². The lowest BCUT2D eigenvalue weighted by molar-refractivity contribution is -0.117. The maximum absolute atomic E-state index is 14.4. The number of likely N-dealkylation sites (N-methyl/N-ethyl adjacent to an activating group) is 1. The van der Waals surface area contributed by atoms with E-state index in [4.69, 9.17) is 33.4 Å². The maximum Gasteiger partial charge on any atom is 0.244 e. The molecule has 3 N–H and O–H groups in total. The molecule has 16 heteroatoms. The van der Waals surface area contributed by atoms with Crippen molar-refractivity contribution in [3.05, 3.63) is 156 Å². The molecule has 15 nitrogen and oxygen atoms in total. The van der Waals surface area contributed by atoms with Crippen LogP contribution in [0.3, 0.4) is 0 Å². The first-order valence-corrected chi connectivity index (χ1v) is 23.5. The zero-order valence-electron chi connectivity index (χ0n) is 42.0. The third-order valence-corrected chi connectivity index (χ3v) is 12.5. The number of benzene rings is 4. The van der Waals surface area contributed by atoms with E-state index in [9.17, 15) is 14.0 Å². The molecular weight excluding hydrogens is 930 g/mol. The lowest BCUT2D eigenvalue weighted by Crippen LogP contribution is -2.26. The summed E-state index contributed by atoms with van der Waals surface area (Å²) in [5.41, 5.74) is 8.00. The summed E-state index contributed by atoms with van der Waals surface area (Å²) >= 11 is 0. The van der Waals surface area contributed by atoms with Crippen molar-refractivity contribution in [3.8, 4) is 56.8 Å². The molecule has 0 bridgehead atoms. The number of pyridine rings is 2. The fourth-order valence-electron chi connectivity index (χ4n) is 8.69. The minimum atomic E-state index is -0.420. The Hall–Kier alpha value is -8.63. The number of aromatic amines is 1. The Balaban J connectivity index is 0.939. The highest BCUT2D eigenvalue weighted by molar-refractivity contribution is 6.04. The second-order valence-corrected chi connectivity index (χ2v) is 17.2. The SMILES string of the molecule is COc1ccc([C@@H](C)NC(=O)/C=C/c2c[nH]c3nccc(-c4ccc(OCCN(C)Cn5cc(/C=C/C(=O)N[C@H](C)c6ccc(OC)c(OC)c6)c6c(-c7ccc(F)cc7OC)ccnc65)cc4)c23)cc1OC. The largest absolute Gasteiger partial charge is 0.496 e. The first kappa shape index (κ1) is 50.7. The van der Waals surface area contributed by atoms with Crippen LogP contribution in [0.4, 0.5) is 4.39 Å². The first-order chi connectivity index (χ1) is 35.4. The van der Waals surface area contributed by atoms with Crippen molar-refractivity contribution in [1.29, 1.82) is 0 Å². The average Bonchev–Trinajstić information content (AvgIpc) is 4.00. The molecule has 8 aromatic rings. The van der Waals surface area contributed by atoms with E-state index < -0.39 is 5.82 Å². The number of H-pyrrole nitrogens is 1. The number of nitrogens with one attached hydrogen (secondary N) is 3. The van der Waals surface area contributed by atoms with Gasteiger partial charge in [-0.25, -0.2) is 14.4 Å². The molecular formula is C57H58FN7O8. The minimum Gasteiger partial charge on any atom is -0.496 e. The molecule has 2 amide bonds. The molecule has 0 radical (unpaired) electrons. The molecule has 4 heterocycles. The number of nitrogens with zero attached hydrogens (tertiary/aromatic N) is 4. The van der Waals surface area contributed by atoms with E-state index in [-0.39, 0.29) is 23.9 Å². The number of fused-ring (bicyclic) bond motifs is 2. The van der Waals surface area contributed by atoms with Crippen molar-refractivity contribution in [2.75, 3.05) is 55.7 Å². The van der Waals surface area contributed by atoms with Gasteiger partial charge in [0, 0.05) is 77.0 Å². The molecule has 0 unspecified atom stereocenters. The zero-order valence-corrected chi connectivity index (χ0v) is 42.0. The number of rotatable bonds is 21. The Morgan fingerprint density at radius 1 is 0.671 bits per heavy atom. The summed E-state index contributed by atoms with van der Waals surface area (Å²) in [5.74, 6) is 2.47. The lowest BCUT2D eigenvalue weighted by Gasteiger charge is -2.18. The second kappa shape index (κ2) is 23.1. The van der Waals surface area contributed by atoms with Crippen LogP contribution in [0.25, 0.3) is 56.5 Å². The third-order valence-electron chi connectivity index (χ3n) is 12.5. The van der Waals surface area contributed by atoms with E-state index in [1.807, 2.05) is 105 Å². The maximum atomic E-state index is 14.4. The number of carbonyl (C=O) groups excluding carboxylic acids is 2. The molecule has 0 aliphatic carbocycles. The Morgan fingerprint density at radius 2 is 1.26 bits per heavy atom. The van der Waals surface area contributed by atoms with Crippen molar-refractivity contribution in [2.24, 2.45) is 0 Å². The van der Waals surface area contributed by atoms with E-state index in [1.54, 1.807) is 65.1 Å². The first-order valence-electron chi connectivity index (χ1n) is 23.5. The molecule has 0 fully saturated rings. The van der Waals surface area contributed by atoms with Gasteiger partial charge in [-0.05, 0) is 122 Å². The smallest absolute Gasteiger partial charge is 0.244 e. The van der Waals surface area contributed by atoms with Crippen molar-refractivity contribution >= 4 is 46.0 Å². The van der Waals surface area contributed by atoms with Gasteiger partial charge in [0.15, 0.2) is 23.0 Å². The van der Waals surface area contributed by atoms with Gasteiger partial charge in [0.25, 0.3) is 0 Å². The average molecular weight is 988 g/mol. The third kappa shape index (κ3) is 11.6. The quantitative estimate of drug-likeness (QED) is 0.0588. The highest BCUT2D eigenvalue weighted by Crippen LogP contribution is 2.38. The van der Waals surface area contributed by atoms with Gasteiger partial charge in [-0.15, -0.1) is 0 Å². The van der Waals surface area contributed by atoms with Gasteiger partial charge in [0.2, 0.25) is 11.8 Å². The van der Waals surface area contributed by atoms with Gasteiger partial charge >= 0.3 is 0 Å². The molecule has 0 saturated carbocycles. The highest BCUT2D eigenvalue weighted by Gasteiger charge is 2.20. The van der Waals surface area contributed by atoms with Crippen LogP contribution >= 0.6 is 0 Å². The number of hydrogen-bond donors (Lipinski definition) is 3. The standard InChI is InChI=1S/C57H58FN7O8/c1-35(38-11-19-47(68-4)50(29-38)71-7)62-52(66)21-13-40-32-61-56-54(40)44(23-25-59-56)37-9-16-43(17-10-37)73-28-27-64(3)34-65-33-41(14-22-53(67)63-36(2)39-12-20-48(69-5)51(30-39)72-8)55-46(24-26-60-57(55)65)45-18-15-42(58)31-49(45)70-6/h9-26,29-33,35-36H,27-28,34H2,1-8H3,(H,59,61)(H,62,66)(H,63,67)/b21-13+,22-14+/t35-,36-/m1/s1. The van der Waals surface area contributed by atoms with Crippen LogP contribution in [-0.2, 0) is 16.3 Å². The van der Waals surface area contributed by atoms with Gasteiger partial charge < -0.3 is 48.6 Å². The molecule has 4 aromatic carbocycles. The van der Waals surface area contributed by atoms with Crippen LogP contribution in [0.1, 0.15) is 48.2 Å². The van der Waals surface area contributed by atoms with E-state index in [0.717, 1.165) is 49.7 Å². The zero-order chi connectivity index (χ0) is 51.6. The fourth-order valence-corrected chi connectivity index (χ4v) is 8.69. The minimum absolute atomic E-state index is 0.248. The molecule has 0 aliphatic rings. The van der Waals surface area contributed by atoms with E-state index in [2.05, 4.69) is 25.5 Å². The van der Waals surface area contributed by atoms with Crippen molar-refractivity contribution in [3.63, 3.8) is 0 Å². The number of methoxy groups -OCH3 is 5. The summed E-state index contributed by atoms with van der Waals surface area (Å²) in [6, 6.07) is 26.6. The van der Waals surface area contributed by atoms with Crippen LogP contribution < -0.4 is 39.1 Å². The van der Waals surface area contributed by atoms with Crippen LogP contribution in [0.15, 0.2) is 128 Å². The van der Waals surface area contributed by atoms with Crippen molar-refractivity contribution in [2.45, 2.75) is 32.6 Å². The Bertz CT molecular complexity index is 3310. The summed E-state index contributed by atoms with van der Waals surface area (Å²) in [6.45, 7) is 5.21. The van der Waals surface area contributed by atoms with E-state index in [1.165, 1.54) is 31.4 Å². The fraction of sp³-hybridized carbons (Fsp3) is 0.228. The number of halogens is 1. The summed E-state index contributed by atoms with van der Waals surface area (Å²) in [5, 5.41) is 7.71. The molecule has 376 valence electrons. The van der Waals surface area contributed by atoms with Crippen molar-refractivity contribution < 1.29 is 42.4 Å². The number of carbonyl (C=O) groups is 2. The Kier molecular flexibility index (Phi) is 16.0. The van der Waals surface area contributed by atoms with Gasteiger partial charge in [-0.3, -0.25) is 14.5 Å². The van der Waals surface area contributed by atoms with Gasteiger partial charge in [0.1, 0.15) is 35.2 Å². The van der Waals surface area contributed by atoms with Crippen LogP contribution in [0, 0.1) is 5.82 Å². The summed E-state index contributed by atoms with van der Waals surface area (Å²) in [4.78, 5) is 41.2. The second-order valence-electron chi connectivity index (χ2n) is 17.2. The van der Waals surface area contributed by atoms with Crippen LogP contribution in [0.5, 0.6) is 34.5 Å². The molecule has 2 atom stereocenters. The molecule has 73 heavy (non-hydrogen) atoms. The monoisotopic (exact) mass is 987 g/mol. The van der Waals surface area contributed by atoms with Crippen LogP contribution in [0.2, 0.25) is 0 Å². The predicted molar refractivity (Wildman–Crippen MR) is 282 cm³/mol. The predicted octanol–water partition coefficient (Wildman–Crippen LogP) is 10.2. The lowest BCUT2D eigenvalue weighted by atomic mass is 10.00. The van der Waals surface area contributed by atoms with Gasteiger partial charge in [0.05, 0.1) is 54.3 Å². The molecule has 4 aromatic heterocycles. The summed E-state index contributed by atoms with van der Waals surface area (Å²) < 4.78 is 49.9. The van der Waals surface area contributed by atoms with Gasteiger partial charge in [-0.2, -0.15) is 0 Å². The number of amides is 2. The summed E-state index contributed by atoms with van der Waals surface area (Å²) in [6.07, 6.45) is 13.8. The van der Waals surface area contributed by atoms with E-state index in [0.29, 0.717) is 71.2 Å². The number of ether oxygens (including phenoxy) is 6. The molecule has 0 aliphatic heterocycles. The highest BCUT2D eigenvalue weighted by atomic mass is 19.1. The normalized spacial score (nSPS) is 12.4. The van der Waals surface area contributed by atoms with Crippen molar-refractivity contribution in [1.82, 2.24) is 35.1 Å². The summed E-state index contributed by atoms with van der Waals surface area (Å²) in [7, 11) is 9.80. The Labute approximate surface area is 423 Å². The molecule has 0 spiro atoms. The topological polar surface area (TPSA) is 163 Å². The molecule has 0 saturated heterocycles. The number of aromatic nitrogens is 4.